The fourth-order valence-electron chi connectivity index (χ4n) is 1.78. The number of azo groups is 1. The number of phenolic OH excluding ortho intramolecular Hbond substituents is 1. The number of nitro groups is 1. The van der Waals surface area contributed by atoms with Crippen molar-refractivity contribution in [3.8, 4) is 11.5 Å². The number of hydrogen-bond donors (Lipinski definition) is 1. The number of phenols is 1. The van der Waals surface area contributed by atoms with E-state index in [9.17, 15) is 20.3 Å². The number of nitrogens with zero attached hydrogens (tertiary/aromatic N) is 3. The maximum absolute atomic E-state index is 12.0. The summed E-state index contributed by atoms with van der Waals surface area (Å²) in [6, 6.07) is 8.26. The minimum atomic E-state index is -0.510. The average Bonchev–Trinajstić information content (AvgIpc) is 2.47. The number of non-ortho nitro benzene ring substituents is 1. The van der Waals surface area contributed by atoms with Crippen molar-refractivity contribution in [2.24, 2.45) is 10.2 Å². The van der Waals surface area contributed by atoms with Gasteiger partial charge in [0.25, 0.3) is 5.69 Å². The van der Waals surface area contributed by atoms with E-state index in [1.54, 1.807) is 6.92 Å². The Balaban J connectivity index is 2.27. The first-order valence-electron chi connectivity index (χ1n) is 6.21. The summed E-state index contributed by atoms with van der Waals surface area (Å²) < 4.78 is 0. The van der Waals surface area contributed by atoms with Crippen LogP contribution in [0.5, 0.6) is 11.5 Å². The summed E-state index contributed by atoms with van der Waals surface area (Å²) in [5.41, 5.74) is 0.751. The predicted octanol–water partition coefficient (Wildman–Crippen LogP) is 3.35. The lowest BCUT2D eigenvalue weighted by atomic mass is 10.1. The zero-order valence-electron chi connectivity index (χ0n) is 11.2. The molecule has 21 heavy (non-hydrogen) atoms. The maximum Gasteiger partial charge on any atom is 0.269 e. The summed E-state index contributed by atoms with van der Waals surface area (Å²) in [5.74, 6) is -0.431. The summed E-state index contributed by atoms with van der Waals surface area (Å²) in [5, 5.41) is 39.8. The molecule has 0 aliphatic heterocycles. The van der Waals surface area contributed by atoms with Crippen molar-refractivity contribution in [3.05, 3.63) is 52.1 Å². The van der Waals surface area contributed by atoms with E-state index in [2.05, 4.69) is 10.2 Å². The first kappa shape index (κ1) is 14.4. The molecule has 0 unspecified atom stereocenters. The van der Waals surface area contributed by atoms with Crippen LogP contribution in [0.25, 0.3) is 0 Å². The molecule has 2 rings (SSSR count). The zero-order chi connectivity index (χ0) is 15.4. The van der Waals surface area contributed by atoms with E-state index >= 15 is 0 Å². The molecule has 7 heteroatoms. The Labute approximate surface area is 120 Å². The molecule has 0 fully saturated rings. The summed E-state index contributed by atoms with van der Waals surface area (Å²) in [6.07, 6.45) is 0.394. The molecule has 0 saturated heterocycles. The molecular formula is C14H12N3O4-. The highest BCUT2D eigenvalue weighted by molar-refractivity contribution is 5.59. The third-order valence-corrected chi connectivity index (χ3v) is 2.90. The van der Waals surface area contributed by atoms with Crippen molar-refractivity contribution in [1.82, 2.24) is 0 Å². The molecule has 0 aromatic heterocycles. The quantitative estimate of drug-likeness (QED) is 0.527. The van der Waals surface area contributed by atoms with Crippen LogP contribution in [0, 0.1) is 10.1 Å². The van der Waals surface area contributed by atoms with Crippen molar-refractivity contribution in [2.45, 2.75) is 13.3 Å². The lowest BCUT2D eigenvalue weighted by Gasteiger charge is -2.15. The molecule has 2 aromatic rings. The van der Waals surface area contributed by atoms with E-state index in [-0.39, 0.29) is 28.4 Å². The SMILES string of the molecule is CCc1c(O)ccc(N=Nc2ccc([N+](=O)[O-])cc2)c1[O-]. The minimum absolute atomic E-state index is 0.0450. The van der Waals surface area contributed by atoms with Gasteiger partial charge in [0.1, 0.15) is 5.75 Å². The van der Waals surface area contributed by atoms with E-state index in [1.165, 1.54) is 36.4 Å². The standard InChI is InChI=1S/C14H13N3O4/c1-2-11-13(18)8-7-12(14(11)19)16-15-9-3-5-10(6-4-9)17(20)21/h3-8,18-19H,2H2,1H3/p-1. The second-order valence-corrected chi connectivity index (χ2v) is 4.24. The van der Waals surface area contributed by atoms with Crippen LogP contribution in [-0.2, 0) is 6.42 Å². The van der Waals surface area contributed by atoms with Gasteiger partial charge in [-0.15, -0.1) is 0 Å². The molecule has 0 bridgehead atoms. The van der Waals surface area contributed by atoms with Gasteiger partial charge >= 0.3 is 0 Å². The van der Waals surface area contributed by atoms with Gasteiger partial charge in [-0.25, -0.2) is 0 Å². The fraction of sp³-hybridized carbons (Fsp3) is 0.143. The molecule has 0 radical (unpaired) electrons. The molecule has 0 aliphatic carbocycles. The molecule has 7 nitrogen and oxygen atoms in total. The highest BCUT2D eigenvalue weighted by atomic mass is 16.6. The van der Waals surface area contributed by atoms with Crippen LogP contribution in [0.15, 0.2) is 46.6 Å². The molecule has 0 spiro atoms. The number of benzene rings is 2. The van der Waals surface area contributed by atoms with Crippen LogP contribution >= 0.6 is 0 Å². The maximum atomic E-state index is 12.0. The van der Waals surface area contributed by atoms with Crippen molar-refractivity contribution < 1.29 is 15.1 Å². The van der Waals surface area contributed by atoms with Gasteiger partial charge in [-0.1, -0.05) is 12.7 Å². The summed E-state index contributed by atoms with van der Waals surface area (Å²) in [7, 11) is 0. The third kappa shape index (κ3) is 3.14. The first-order chi connectivity index (χ1) is 10.0. The molecule has 1 N–H and O–H groups in total. The molecular weight excluding hydrogens is 274 g/mol. The summed E-state index contributed by atoms with van der Waals surface area (Å²) in [6.45, 7) is 1.76. The van der Waals surface area contributed by atoms with Crippen LogP contribution in [0.4, 0.5) is 17.1 Å². The molecule has 108 valence electrons. The molecule has 0 atom stereocenters. The van der Waals surface area contributed by atoms with Crippen LogP contribution in [-0.4, -0.2) is 10.0 Å². The first-order valence-corrected chi connectivity index (χ1v) is 6.21. The zero-order valence-corrected chi connectivity index (χ0v) is 11.2. The monoisotopic (exact) mass is 286 g/mol. The van der Waals surface area contributed by atoms with Crippen molar-refractivity contribution >= 4 is 17.1 Å². The van der Waals surface area contributed by atoms with Crippen LogP contribution in [0.1, 0.15) is 12.5 Å². The Morgan fingerprint density at radius 2 is 1.81 bits per heavy atom. The van der Waals surface area contributed by atoms with Gasteiger partial charge < -0.3 is 10.2 Å². The summed E-state index contributed by atoms with van der Waals surface area (Å²) >= 11 is 0. The van der Waals surface area contributed by atoms with Gasteiger partial charge in [-0.05, 0) is 36.2 Å². The van der Waals surface area contributed by atoms with Gasteiger partial charge in [-0.2, -0.15) is 10.2 Å². The van der Waals surface area contributed by atoms with Gasteiger partial charge in [-0.3, -0.25) is 10.1 Å². The van der Waals surface area contributed by atoms with Crippen molar-refractivity contribution in [1.29, 1.82) is 0 Å². The third-order valence-electron chi connectivity index (χ3n) is 2.90. The van der Waals surface area contributed by atoms with Gasteiger partial charge in [0, 0.05) is 12.1 Å². The lowest BCUT2D eigenvalue weighted by molar-refractivity contribution is -0.384. The highest BCUT2D eigenvalue weighted by Crippen LogP contribution is 2.35. The van der Waals surface area contributed by atoms with Crippen LogP contribution < -0.4 is 5.11 Å². The molecule has 0 saturated carbocycles. The smallest absolute Gasteiger partial charge is 0.269 e. The summed E-state index contributed by atoms with van der Waals surface area (Å²) in [4.78, 5) is 10.0. The highest BCUT2D eigenvalue weighted by Gasteiger charge is 2.05. The molecule has 0 amide bonds. The second-order valence-electron chi connectivity index (χ2n) is 4.24. The number of aromatic hydroxyl groups is 1. The van der Waals surface area contributed by atoms with E-state index in [4.69, 9.17) is 0 Å². The number of rotatable bonds is 4. The topological polar surface area (TPSA) is 111 Å². The predicted molar refractivity (Wildman–Crippen MR) is 74.2 cm³/mol. The second kappa shape index (κ2) is 6.00. The van der Waals surface area contributed by atoms with E-state index in [0.717, 1.165) is 0 Å². The van der Waals surface area contributed by atoms with E-state index < -0.39 is 4.92 Å². The Hall–Kier alpha value is -2.96. The van der Waals surface area contributed by atoms with Crippen LogP contribution in [0.3, 0.4) is 0 Å². The Morgan fingerprint density at radius 3 is 2.38 bits per heavy atom. The molecule has 0 heterocycles. The van der Waals surface area contributed by atoms with Crippen LogP contribution in [0.2, 0.25) is 0 Å². The average molecular weight is 286 g/mol. The normalized spacial score (nSPS) is 10.9. The van der Waals surface area contributed by atoms with Crippen molar-refractivity contribution in [2.75, 3.05) is 0 Å². The number of nitro benzene ring substituents is 1. The van der Waals surface area contributed by atoms with E-state index in [0.29, 0.717) is 12.1 Å². The van der Waals surface area contributed by atoms with Gasteiger partial charge in [0.2, 0.25) is 0 Å². The van der Waals surface area contributed by atoms with Gasteiger partial charge in [0.05, 0.1) is 16.3 Å². The Kier molecular flexibility index (Phi) is 4.13. The minimum Gasteiger partial charge on any atom is -0.871 e. The molecule has 0 aliphatic rings. The Morgan fingerprint density at radius 1 is 1.14 bits per heavy atom. The lowest BCUT2D eigenvalue weighted by Crippen LogP contribution is -1.96. The van der Waals surface area contributed by atoms with Gasteiger partial charge in [0.15, 0.2) is 0 Å². The van der Waals surface area contributed by atoms with Crippen molar-refractivity contribution in [3.63, 3.8) is 0 Å². The fourth-order valence-corrected chi connectivity index (χ4v) is 1.78. The number of hydrogen-bond acceptors (Lipinski definition) is 6. The van der Waals surface area contributed by atoms with E-state index in [1.807, 2.05) is 0 Å². The molecule has 2 aromatic carbocycles. The largest absolute Gasteiger partial charge is 0.871 e. The Bertz CT molecular complexity index is 696.